The standard InChI is InChI=1S/C44H47Cl2N5O6/c1-24-17-30-21-36(44(53)54)49(12-14-56-16-15-55-7)40(30)35(18-24)50-22-27(4)51-41-33(10-11-34(45)38(41)37-28(5)47-23-48-29(37)6)32(42(51)43(50)52)9-8-13-57-31-19-25(2)39(46)26(3)20-31/h10-11,17-21,23,27H,8-9,12-16,22H2,1-7H3,(H,53,54)/t27-/m1/s1. The number of benzene rings is 3. The molecule has 0 saturated heterocycles. The fourth-order valence-electron chi connectivity index (χ4n) is 8.31. The minimum absolute atomic E-state index is 0.126. The van der Waals surface area contributed by atoms with Crippen molar-refractivity contribution >= 4 is 62.6 Å². The molecule has 11 nitrogen and oxygen atoms in total. The van der Waals surface area contributed by atoms with E-state index in [1.165, 1.54) is 0 Å². The number of nitrogens with zero attached hydrogens (tertiary/aromatic N) is 5. The van der Waals surface area contributed by atoms with Crippen molar-refractivity contribution < 1.29 is 28.9 Å². The molecule has 6 aromatic rings. The normalized spacial score (nSPS) is 14.2. The first kappa shape index (κ1) is 40.3. The number of carboxylic acid groups (broad SMARTS) is 1. The van der Waals surface area contributed by atoms with Gasteiger partial charge in [-0.15, -0.1) is 0 Å². The third-order valence-electron chi connectivity index (χ3n) is 10.8. The molecule has 0 spiro atoms. The zero-order chi connectivity index (χ0) is 40.7. The Labute approximate surface area is 342 Å². The van der Waals surface area contributed by atoms with Crippen molar-refractivity contribution in [2.75, 3.05) is 45.0 Å². The van der Waals surface area contributed by atoms with Gasteiger partial charge in [0.2, 0.25) is 0 Å². The van der Waals surface area contributed by atoms with Crippen molar-refractivity contribution in [2.45, 2.75) is 67.0 Å². The molecule has 3 aromatic heterocycles. The van der Waals surface area contributed by atoms with E-state index < -0.39 is 5.97 Å². The van der Waals surface area contributed by atoms with Gasteiger partial charge in [0.05, 0.1) is 48.2 Å². The Bertz CT molecular complexity index is 2500. The molecular formula is C44H47Cl2N5O6. The minimum atomic E-state index is -1.06. The molecular weight excluding hydrogens is 765 g/mol. The molecule has 0 saturated carbocycles. The van der Waals surface area contributed by atoms with E-state index in [1.807, 2.05) is 75.9 Å². The number of methoxy groups -OCH3 is 1. The molecule has 13 heteroatoms. The van der Waals surface area contributed by atoms with E-state index in [0.29, 0.717) is 61.1 Å². The second-order valence-electron chi connectivity index (χ2n) is 14.8. The summed E-state index contributed by atoms with van der Waals surface area (Å²) in [4.78, 5) is 38.8. The van der Waals surface area contributed by atoms with Crippen molar-refractivity contribution in [3.8, 4) is 16.9 Å². The lowest BCUT2D eigenvalue weighted by Gasteiger charge is -2.35. The van der Waals surface area contributed by atoms with Crippen LogP contribution in [-0.4, -0.2) is 76.2 Å². The van der Waals surface area contributed by atoms with Crippen LogP contribution in [0.15, 0.2) is 48.8 Å². The molecule has 298 valence electrons. The predicted molar refractivity (Wildman–Crippen MR) is 225 cm³/mol. The third kappa shape index (κ3) is 7.49. The van der Waals surface area contributed by atoms with Gasteiger partial charge in [0, 0.05) is 64.6 Å². The molecule has 1 N–H and O–H groups in total. The number of hydrogen-bond donors (Lipinski definition) is 1. The fourth-order valence-corrected chi connectivity index (χ4v) is 8.66. The van der Waals surface area contributed by atoms with Gasteiger partial charge in [-0.1, -0.05) is 29.3 Å². The average Bonchev–Trinajstić information content (AvgIpc) is 3.70. The maximum atomic E-state index is 15.4. The molecule has 1 aliphatic rings. The minimum Gasteiger partial charge on any atom is -0.494 e. The molecule has 0 bridgehead atoms. The summed E-state index contributed by atoms with van der Waals surface area (Å²) < 4.78 is 21.0. The Hall–Kier alpha value is -4.94. The Morgan fingerprint density at radius 3 is 2.32 bits per heavy atom. The average molecular weight is 813 g/mol. The third-order valence-corrected chi connectivity index (χ3v) is 11.7. The molecule has 1 atom stereocenters. The Balaban J connectivity index is 1.37. The number of aromatic carboxylic acids is 1. The lowest BCUT2D eigenvalue weighted by Crippen LogP contribution is -2.43. The second-order valence-corrected chi connectivity index (χ2v) is 15.6. The zero-order valence-electron chi connectivity index (χ0n) is 33.3. The zero-order valence-corrected chi connectivity index (χ0v) is 34.8. The number of ether oxygens (including phenoxy) is 3. The van der Waals surface area contributed by atoms with Crippen LogP contribution in [0.25, 0.3) is 32.9 Å². The van der Waals surface area contributed by atoms with Gasteiger partial charge in [0.15, 0.2) is 0 Å². The van der Waals surface area contributed by atoms with E-state index in [2.05, 4.69) is 21.5 Å². The second kappa shape index (κ2) is 16.5. The van der Waals surface area contributed by atoms with Crippen LogP contribution >= 0.6 is 23.2 Å². The first-order valence-electron chi connectivity index (χ1n) is 19.1. The van der Waals surface area contributed by atoms with E-state index in [0.717, 1.165) is 71.8 Å². The van der Waals surface area contributed by atoms with E-state index in [1.54, 1.807) is 24.1 Å². The summed E-state index contributed by atoms with van der Waals surface area (Å²) in [6.45, 7) is 14.0. The molecule has 1 aliphatic heterocycles. The molecule has 4 heterocycles. The van der Waals surface area contributed by atoms with Crippen LogP contribution in [0, 0.1) is 34.6 Å². The van der Waals surface area contributed by atoms with Crippen LogP contribution in [0.1, 0.15) is 74.0 Å². The van der Waals surface area contributed by atoms with E-state index >= 15 is 4.79 Å². The number of carbonyl (C=O) groups excluding carboxylic acids is 1. The van der Waals surface area contributed by atoms with Crippen LogP contribution in [-0.2, 0) is 22.4 Å². The summed E-state index contributed by atoms with van der Waals surface area (Å²) in [7, 11) is 1.60. The fraction of sp³-hybridized carbons (Fsp3) is 0.364. The number of amides is 1. The highest BCUT2D eigenvalue weighted by atomic mass is 35.5. The van der Waals surface area contributed by atoms with Gasteiger partial charge in [-0.2, -0.15) is 0 Å². The predicted octanol–water partition coefficient (Wildman–Crippen LogP) is 9.50. The van der Waals surface area contributed by atoms with E-state index in [9.17, 15) is 9.90 Å². The van der Waals surface area contributed by atoms with Gasteiger partial charge in [-0.05, 0) is 113 Å². The molecule has 0 fully saturated rings. The van der Waals surface area contributed by atoms with Gasteiger partial charge in [-0.3, -0.25) is 4.79 Å². The summed E-state index contributed by atoms with van der Waals surface area (Å²) in [5.74, 6) is -0.496. The first-order valence-corrected chi connectivity index (χ1v) is 19.9. The monoisotopic (exact) mass is 811 g/mol. The van der Waals surface area contributed by atoms with Crippen molar-refractivity contribution in [3.05, 3.63) is 104 Å². The molecule has 3 aromatic carbocycles. The lowest BCUT2D eigenvalue weighted by atomic mass is 9.97. The summed E-state index contributed by atoms with van der Waals surface area (Å²) in [5, 5.41) is 13.2. The molecule has 57 heavy (non-hydrogen) atoms. The SMILES string of the molecule is COCCOCCn1c(C(=O)O)cc2cc(C)cc(N3C[C@@H](C)n4c(c(CCCOc5cc(C)c(Cl)c(C)c5)c5ccc(Cl)c(-c6c(C)ncnc6C)c54)C3=O)c21. The van der Waals surface area contributed by atoms with Gasteiger partial charge in [0.1, 0.15) is 23.5 Å². The summed E-state index contributed by atoms with van der Waals surface area (Å²) >= 11 is 13.5. The van der Waals surface area contributed by atoms with E-state index in [4.69, 9.17) is 37.4 Å². The quantitative estimate of drug-likeness (QED) is 0.108. The van der Waals surface area contributed by atoms with Crippen molar-refractivity contribution in [1.29, 1.82) is 0 Å². The Kier molecular flexibility index (Phi) is 11.7. The summed E-state index contributed by atoms with van der Waals surface area (Å²) in [5.41, 5.74) is 9.76. The van der Waals surface area contributed by atoms with Gasteiger partial charge < -0.3 is 33.4 Å². The number of carboxylic acids is 1. The number of aryl methyl sites for hydroxylation is 6. The van der Waals surface area contributed by atoms with Crippen LogP contribution in [0.4, 0.5) is 5.69 Å². The highest BCUT2D eigenvalue weighted by Crippen LogP contribution is 2.45. The molecule has 0 unspecified atom stereocenters. The number of halogens is 2. The first-order chi connectivity index (χ1) is 27.3. The van der Waals surface area contributed by atoms with Crippen LogP contribution in [0.3, 0.4) is 0 Å². The molecule has 7 rings (SSSR count). The number of carbonyl (C=O) groups is 2. The number of rotatable bonds is 14. The number of anilines is 1. The van der Waals surface area contributed by atoms with Gasteiger partial charge in [0.25, 0.3) is 5.91 Å². The van der Waals surface area contributed by atoms with Crippen LogP contribution in [0.2, 0.25) is 10.0 Å². The number of hydrogen-bond acceptors (Lipinski definition) is 7. The Morgan fingerprint density at radius 2 is 1.63 bits per heavy atom. The van der Waals surface area contributed by atoms with Crippen LogP contribution in [0.5, 0.6) is 5.75 Å². The maximum absolute atomic E-state index is 15.4. The summed E-state index contributed by atoms with van der Waals surface area (Å²) in [6.07, 6.45) is 2.72. The van der Waals surface area contributed by atoms with Crippen molar-refractivity contribution in [1.82, 2.24) is 19.1 Å². The van der Waals surface area contributed by atoms with Crippen molar-refractivity contribution in [3.63, 3.8) is 0 Å². The Morgan fingerprint density at radius 1 is 0.912 bits per heavy atom. The highest BCUT2D eigenvalue weighted by Gasteiger charge is 2.38. The molecule has 1 amide bonds. The number of fused-ring (bicyclic) bond motifs is 4. The topological polar surface area (TPSA) is 121 Å². The van der Waals surface area contributed by atoms with Gasteiger partial charge >= 0.3 is 5.97 Å². The molecule has 0 aliphatic carbocycles. The van der Waals surface area contributed by atoms with Crippen LogP contribution < -0.4 is 9.64 Å². The van der Waals surface area contributed by atoms with E-state index in [-0.39, 0.29) is 30.8 Å². The largest absolute Gasteiger partial charge is 0.494 e. The lowest BCUT2D eigenvalue weighted by molar-refractivity contribution is 0.0632. The maximum Gasteiger partial charge on any atom is 0.352 e. The summed E-state index contributed by atoms with van der Waals surface area (Å²) in [6, 6.07) is 13.2. The smallest absolute Gasteiger partial charge is 0.352 e. The van der Waals surface area contributed by atoms with Crippen molar-refractivity contribution in [2.24, 2.45) is 0 Å². The highest BCUT2D eigenvalue weighted by molar-refractivity contribution is 6.35. The van der Waals surface area contributed by atoms with Gasteiger partial charge in [-0.25, -0.2) is 14.8 Å². The molecule has 0 radical (unpaired) electrons. The number of aromatic nitrogens is 4.